The lowest BCUT2D eigenvalue weighted by atomic mass is 10.1. The number of halogens is 2. The van der Waals surface area contributed by atoms with Crippen LogP contribution >= 0.6 is 35.0 Å². The van der Waals surface area contributed by atoms with E-state index in [4.69, 9.17) is 23.2 Å². The van der Waals surface area contributed by atoms with E-state index < -0.39 is 6.04 Å². The van der Waals surface area contributed by atoms with Crippen LogP contribution in [0.5, 0.6) is 0 Å². The number of nitrogens with zero attached hydrogens (tertiary/aromatic N) is 1. The fraction of sp³-hybridized carbons (Fsp3) is 0.391. The van der Waals surface area contributed by atoms with Crippen LogP contribution < -0.4 is 5.32 Å². The fourth-order valence-corrected chi connectivity index (χ4v) is 4.14. The fourth-order valence-electron chi connectivity index (χ4n) is 2.80. The van der Waals surface area contributed by atoms with Gasteiger partial charge in [-0.05, 0) is 51.0 Å². The number of hydrogen-bond donors (Lipinski definition) is 1. The van der Waals surface area contributed by atoms with Crippen molar-refractivity contribution in [1.29, 1.82) is 0 Å². The maximum atomic E-state index is 13.1. The number of rotatable bonds is 8. The first-order chi connectivity index (χ1) is 14.1. The number of carbonyl (C=O) groups excluding carboxylic acids is 2. The Hall–Kier alpha value is -1.69. The number of thioether (sulfide) groups is 1. The van der Waals surface area contributed by atoms with Crippen LogP contribution in [0.15, 0.2) is 48.5 Å². The highest BCUT2D eigenvalue weighted by atomic mass is 35.5. The Kier molecular flexibility index (Phi) is 9.08. The van der Waals surface area contributed by atoms with Gasteiger partial charge in [0.05, 0.1) is 5.75 Å². The predicted molar refractivity (Wildman–Crippen MR) is 127 cm³/mol. The lowest BCUT2D eigenvalue weighted by molar-refractivity contribution is -0.139. The van der Waals surface area contributed by atoms with Crippen molar-refractivity contribution in [3.05, 3.63) is 69.7 Å². The highest BCUT2D eigenvalue weighted by Crippen LogP contribution is 2.24. The van der Waals surface area contributed by atoms with Crippen LogP contribution in [0.4, 0.5) is 0 Å². The summed E-state index contributed by atoms with van der Waals surface area (Å²) in [5, 5.41) is 3.95. The summed E-state index contributed by atoms with van der Waals surface area (Å²) in [7, 11) is 0. The lowest BCUT2D eigenvalue weighted by Gasteiger charge is -2.31. The largest absolute Gasteiger partial charge is 0.350 e. The smallest absolute Gasteiger partial charge is 0.242 e. The molecule has 1 atom stereocenters. The van der Waals surface area contributed by atoms with Crippen molar-refractivity contribution in [2.75, 3.05) is 5.75 Å². The van der Waals surface area contributed by atoms with E-state index in [1.165, 1.54) is 11.8 Å². The highest BCUT2D eigenvalue weighted by molar-refractivity contribution is 7.99. The van der Waals surface area contributed by atoms with Crippen LogP contribution in [0.25, 0.3) is 0 Å². The van der Waals surface area contributed by atoms with Gasteiger partial charge in [0, 0.05) is 27.9 Å². The number of amides is 2. The van der Waals surface area contributed by atoms with E-state index in [1.54, 1.807) is 30.0 Å². The summed E-state index contributed by atoms with van der Waals surface area (Å²) < 4.78 is 0. The second kappa shape index (κ2) is 11.1. The van der Waals surface area contributed by atoms with Crippen LogP contribution in [0.3, 0.4) is 0 Å². The van der Waals surface area contributed by atoms with Gasteiger partial charge < -0.3 is 10.2 Å². The molecule has 2 rings (SSSR count). The van der Waals surface area contributed by atoms with E-state index in [1.807, 2.05) is 51.1 Å². The molecule has 0 fully saturated rings. The van der Waals surface area contributed by atoms with E-state index in [2.05, 4.69) is 5.32 Å². The maximum absolute atomic E-state index is 13.1. The van der Waals surface area contributed by atoms with Crippen LogP contribution in [0.1, 0.15) is 38.8 Å². The van der Waals surface area contributed by atoms with E-state index in [-0.39, 0.29) is 29.7 Å². The average Bonchev–Trinajstić information content (AvgIpc) is 2.66. The van der Waals surface area contributed by atoms with Gasteiger partial charge in [-0.3, -0.25) is 9.59 Å². The number of nitrogens with one attached hydrogen (secondary N) is 1. The van der Waals surface area contributed by atoms with Crippen molar-refractivity contribution in [1.82, 2.24) is 10.2 Å². The van der Waals surface area contributed by atoms with Gasteiger partial charge in [0.1, 0.15) is 6.04 Å². The van der Waals surface area contributed by atoms with Gasteiger partial charge in [-0.1, -0.05) is 59.6 Å². The summed E-state index contributed by atoms with van der Waals surface area (Å²) in [6.45, 7) is 7.71. The Morgan fingerprint density at radius 2 is 1.77 bits per heavy atom. The first-order valence-corrected chi connectivity index (χ1v) is 11.6. The molecule has 0 aromatic heterocycles. The van der Waals surface area contributed by atoms with Crippen LogP contribution in [-0.2, 0) is 21.9 Å². The van der Waals surface area contributed by atoms with Crippen molar-refractivity contribution >= 4 is 46.8 Å². The standard InChI is InChI=1S/C23H28Cl2N2O2S/c1-16(22(29)26-23(2,3)4)27(13-18-10-11-19(24)12-20(18)25)21(28)15-30-14-17-8-6-5-7-9-17/h5-12,16H,13-15H2,1-4H3,(H,26,29)/t16-/m1/s1. The molecular formula is C23H28Cl2N2O2S. The zero-order chi connectivity index (χ0) is 22.3. The van der Waals surface area contributed by atoms with Gasteiger partial charge in [-0.25, -0.2) is 0 Å². The average molecular weight is 467 g/mol. The molecular weight excluding hydrogens is 439 g/mol. The van der Waals surface area contributed by atoms with Gasteiger partial charge in [0.2, 0.25) is 11.8 Å². The van der Waals surface area contributed by atoms with Gasteiger partial charge in [0.15, 0.2) is 0 Å². The van der Waals surface area contributed by atoms with Gasteiger partial charge in [0.25, 0.3) is 0 Å². The molecule has 1 N–H and O–H groups in total. The molecule has 2 amide bonds. The van der Waals surface area contributed by atoms with E-state index >= 15 is 0 Å². The Morgan fingerprint density at radius 1 is 1.10 bits per heavy atom. The summed E-state index contributed by atoms with van der Waals surface area (Å²) in [6, 6.07) is 14.5. The first kappa shape index (κ1) is 24.6. The second-order valence-electron chi connectivity index (χ2n) is 8.15. The Labute approximate surface area is 193 Å². The van der Waals surface area contributed by atoms with Crippen LogP contribution in [0, 0.1) is 0 Å². The van der Waals surface area contributed by atoms with Gasteiger partial charge in [-0.15, -0.1) is 11.8 Å². The molecule has 0 spiro atoms. The monoisotopic (exact) mass is 466 g/mol. The lowest BCUT2D eigenvalue weighted by Crippen LogP contribution is -2.52. The van der Waals surface area contributed by atoms with Crippen molar-refractivity contribution in [2.45, 2.75) is 51.6 Å². The molecule has 0 aliphatic heterocycles. The zero-order valence-corrected chi connectivity index (χ0v) is 20.1. The molecule has 0 unspecified atom stereocenters. The normalized spacial score (nSPS) is 12.3. The minimum absolute atomic E-state index is 0.112. The Morgan fingerprint density at radius 3 is 2.37 bits per heavy atom. The maximum Gasteiger partial charge on any atom is 0.242 e. The predicted octanol–water partition coefficient (Wildman–Crippen LogP) is 5.56. The summed E-state index contributed by atoms with van der Waals surface area (Å²) in [4.78, 5) is 27.4. The van der Waals surface area contributed by atoms with Crippen molar-refractivity contribution in [3.63, 3.8) is 0 Å². The van der Waals surface area contributed by atoms with Crippen LogP contribution in [-0.4, -0.2) is 34.0 Å². The third-order valence-electron chi connectivity index (χ3n) is 4.36. The van der Waals surface area contributed by atoms with E-state index in [0.717, 1.165) is 16.9 Å². The quantitative estimate of drug-likeness (QED) is 0.553. The minimum atomic E-state index is -0.638. The summed E-state index contributed by atoms with van der Waals surface area (Å²) in [5.41, 5.74) is 1.51. The molecule has 0 bridgehead atoms. The first-order valence-electron chi connectivity index (χ1n) is 9.74. The number of benzene rings is 2. The third-order valence-corrected chi connectivity index (χ3v) is 5.93. The van der Waals surface area contributed by atoms with Crippen molar-refractivity contribution in [3.8, 4) is 0 Å². The van der Waals surface area contributed by atoms with Crippen molar-refractivity contribution in [2.24, 2.45) is 0 Å². The minimum Gasteiger partial charge on any atom is -0.350 e. The molecule has 4 nitrogen and oxygen atoms in total. The van der Waals surface area contributed by atoms with Crippen molar-refractivity contribution < 1.29 is 9.59 Å². The second-order valence-corrected chi connectivity index (χ2v) is 9.98. The molecule has 7 heteroatoms. The molecule has 0 saturated heterocycles. The Balaban J connectivity index is 2.14. The molecule has 0 aliphatic carbocycles. The van der Waals surface area contributed by atoms with E-state index in [9.17, 15) is 9.59 Å². The molecule has 0 heterocycles. The summed E-state index contributed by atoms with van der Waals surface area (Å²) in [5.74, 6) is 0.685. The molecule has 0 radical (unpaired) electrons. The zero-order valence-electron chi connectivity index (χ0n) is 17.7. The number of hydrogen-bond acceptors (Lipinski definition) is 3. The van der Waals surface area contributed by atoms with Gasteiger partial charge >= 0.3 is 0 Å². The highest BCUT2D eigenvalue weighted by Gasteiger charge is 2.28. The molecule has 0 aliphatic rings. The SMILES string of the molecule is C[C@H](C(=O)NC(C)(C)C)N(Cc1ccc(Cl)cc1Cl)C(=O)CSCc1ccccc1. The summed E-state index contributed by atoms with van der Waals surface area (Å²) >= 11 is 13.8. The molecule has 30 heavy (non-hydrogen) atoms. The molecule has 2 aromatic rings. The molecule has 162 valence electrons. The van der Waals surface area contributed by atoms with E-state index in [0.29, 0.717) is 10.0 Å². The summed E-state index contributed by atoms with van der Waals surface area (Å²) in [6.07, 6.45) is 0. The third kappa shape index (κ3) is 7.86. The molecule has 0 saturated carbocycles. The Bertz CT molecular complexity index is 869. The topological polar surface area (TPSA) is 49.4 Å². The van der Waals surface area contributed by atoms with Crippen LogP contribution in [0.2, 0.25) is 10.0 Å². The number of carbonyl (C=O) groups is 2. The molecule has 2 aromatic carbocycles. The van der Waals surface area contributed by atoms with Gasteiger partial charge in [-0.2, -0.15) is 0 Å².